The molecule has 0 spiro atoms. The van der Waals surface area contributed by atoms with E-state index in [2.05, 4.69) is 20.8 Å². The molecule has 0 aliphatic heterocycles. The third kappa shape index (κ3) is 2.03. The van der Waals surface area contributed by atoms with Crippen LogP contribution in [0.5, 0.6) is 0 Å². The van der Waals surface area contributed by atoms with Gasteiger partial charge in [-0.1, -0.05) is 32.4 Å². The first-order valence-electron chi connectivity index (χ1n) is 9.94. The lowest BCUT2D eigenvalue weighted by Gasteiger charge is -2.65. The van der Waals surface area contributed by atoms with Gasteiger partial charge in [0, 0.05) is 16.7 Å². The van der Waals surface area contributed by atoms with E-state index in [1.54, 1.807) is 12.2 Å². The van der Waals surface area contributed by atoms with Gasteiger partial charge < -0.3 is 10.2 Å². The minimum Gasteiger partial charge on any atom is -0.392 e. The van der Waals surface area contributed by atoms with Crippen molar-refractivity contribution in [1.29, 1.82) is 0 Å². The molecule has 0 aromatic rings. The second-order valence-corrected chi connectivity index (χ2v) is 9.62. The highest BCUT2D eigenvalue weighted by Gasteiger charge is 2.67. The largest absolute Gasteiger partial charge is 0.392 e. The number of hydrogen-bond donors (Lipinski definition) is 2. The van der Waals surface area contributed by atoms with Crippen LogP contribution in [0.25, 0.3) is 0 Å². The third-order valence-corrected chi connectivity index (χ3v) is 8.94. The number of aliphatic hydroxyl groups is 2. The zero-order valence-electron chi connectivity index (χ0n) is 16.0. The summed E-state index contributed by atoms with van der Waals surface area (Å²) in [4.78, 5) is 24.3. The van der Waals surface area contributed by atoms with E-state index in [-0.39, 0.29) is 33.7 Å². The van der Waals surface area contributed by atoms with Crippen LogP contribution in [0.4, 0.5) is 0 Å². The number of allylic oxidation sites excluding steroid dienone is 4. The van der Waals surface area contributed by atoms with Crippen LogP contribution in [0.15, 0.2) is 23.8 Å². The van der Waals surface area contributed by atoms with E-state index in [9.17, 15) is 19.8 Å². The summed E-state index contributed by atoms with van der Waals surface area (Å²) in [6, 6.07) is 0. The Morgan fingerprint density at radius 2 is 1.92 bits per heavy atom. The second-order valence-electron chi connectivity index (χ2n) is 9.62. The summed E-state index contributed by atoms with van der Waals surface area (Å²) in [5.41, 5.74) is 0.251. The summed E-state index contributed by atoms with van der Waals surface area (Å²) < 4.78 is 0. The van der Waals surface area contributed by atoms with Gasteiger partial charge in [-0.05, 0) is 61.5 Å². The molecule has 0 amide bonds. The Labute approximate surface area is 155 Å². The lowest BCUT2D eigenvalue weighted by molar-refractivity contribution is -0.178. The van der Waals surface area contributed by atoms with E-state index in [1.807, 2.05) is 6.08 Å². The average Bonchev–Trinajstić information content (AvgIpc) is 2.93. The van der Waals surface area contributed by atoms with E-state index >= 15 is 0 Å². The van der Waals surface area contributed by atoms with Crippen molar-refractivity contribution in [1.82, 2.24) is 0 Å². The molecule has 4 aliphatic carbocycles. The van der Waals surface area contributed by atoms with Gasteiger partial charge in [-0.25, -0.2) is 0 Å². The predicted octanol–water partition coefficient (Wildman–Crippen LogP) is 2.83. The molecule has 0 saturated heterocycles. The Balaban J connectivity index is 1.78. The Bertz CT molecular complexity index is 722. The zero-order chi connectivity index (χ0) is 18.9. The number of rotatable bonds is 2. The lowest BCUT2D eigenvalue weighted by atomic mass is 9.40. The zero-order valence-corrected chi connectivity index (χ0v) is 16.0. The van der Waals surface area contributed by atoms with Crippen LogP contribution in [0, 0.1) is 34.0 Å². The van der Waals surface area contributed by atoms with Gasteiger partial charge in [0.15, 0.2) is 11.6 Å². The van der Waals surface area contributed by atoms with Crippen molar-refractivity contribution in [3.8, 4) is 0 Å². The van der Waals surface area contributed by atoms with Crippen molar-refractivity contribution in [3.63, 3.8) is 0 Å². The number of aliphatic hydroxyl groups excluding tert-OH is 2. The molecule has 3 saturated carbocycles. The van der Waals surface area contributed by atoms with Crippen molar-refractivity contribution in [3.05, 3.63) is 23.8 Å². The smallest absolute Gasteiger partial charge is 0.178 e. The van der Waals surface area contributed by atoms with Crippen LogP contribution in [0.3, 0.4) is 0 Å². The Morgan fingerprint density at radius 3 is 2.62 bits per heavy atom. The molecule has 7 atom stereocenters. The molecule has 26 heavy (non-hydrogen) atoms. The van der Waals surface area contributed by atoms with Crippen LogP contribution in [0.2, 0.25) is 0 Å². The minimum atomic E-state index is -0.535. The molecular formula is C22H30O4. The Kier molecular flexibility index (Phi) is 3.92. The van der Waals surface area contributed by atoms with E-state index in [0.717, 1.165) is 31.3 Å². The maximum atomic E-state index is 12.4. The lowest BCUT2D eigenvalue weighted by Crippen LogP contribution is -2.63. The SMILES string of the molecule is C[C@]12[C@@H](O)C[C@@]3(C)C(CC[C@@H]3C(=O)CO)[C@@H]1CCC1=CC(=O)C=C[C@@]12C. The number of fused-ring (bicyclic) bond motifs is 5. The first kappa shape index (κ1) is 18.1. The monoisotopic (exact) mass is 358 g/mol. The maximum absolute atomic E-state index is 12.4. The predicted molar refractivity (Wildman–Crippen MR) is 98.2 cm³/mol. The van der Waals surface area contributed by atoms with Gasteiger partial charge >= 0.3 is 0 Å². The molecule has 0 bridgehead atoms. The van der Waals surface area contributed by atoms with Crippen LogP contribution < -0.4 is 0 Å². The van der Waals surface area contributed by atoms with Gasteiger partial charge in [0.1, 0.15) is 6.61 Å². The molecule has 4 nitrogen and oxygen atoms in total. The molecule has 0 radical (unpaired) electrons. The molecule has 3 fully saturated rings. The van der Waals surface area contributed by atoms with Crippen LogP contribution in [-0.4, -0.2) is 34.5 Å². The van der Waals surface area contributed by atoms with Crippen molar-refractivity contribution >= 4 is 11.6 Å². The summed E-state index contributed by atoms with van der Waals surface area (Å²) >= 11 is 0. The highest BCUT2D eigenvalue weighted by atomic mass is 16.3. The van der Waals surface area contributed by atoms with Crippen LogP contribution >= 0.6 is 0 Å². The highest BCUT2D eigenvalue weighted by molar-refractivity contribution is 6.01. The van der Waals surface area contributed by atoms with Crippen molar-refractivity contribution in [2.75, 3.05) is 6.61 Å². The molecule has 0 aromatic carbocycles. The summed E-state index contributed by atoms with van der Waals surface area (Å²) in [5.74, 6) is 0.513. The molecule has 4 aliphatic rings. The fourth-order valence-electron chi connectivity index (χ4n) is 7.28. The quantitative estimate of drug-likeness (QED) is 0.796. The fourth-order valence-corrected chi connectivity index (χ4v) is 7.28. The first-order chi connectivity index (χ1) is 12.2. The van der Waals surface area contributed by atoms with E-state index in [0.29, 0.717) is 18.3 Å². The van der Waals surface area contributed by atoms with Crippen LogP contribution in [0.1, 0.15) is 52.9 Å². The average molecular weight is 358 g/mol. The van der Waals surface area contributed by atoms with E-state index < -0.39 is 12.7 Å². The first-order valence-corrected chi connectivity index (χ1v) is 9.94. The summed E-state index contributed by atoms with van der Waals surface area (Å²) in [5, 5.41) is 20.8. The number of carbonyl (C=O) groups excluding carboxylic acids is 2. The molecule has 0 heterocycles. The number of ketones is 2. The van der Waals surface area contributed by atoms with Gasteiger partial charge in [-0.15, -0.1) is 0 Å². The molecular weight excluding hydrogens is 328 g/mol. The molecule has 4 heteroatoms. The normalized spacial score (nSPS) is 49.9. The number of hydrogen-bond acceptors (Lipinski definition) is 4. The van der Waals surface area contributed by atoms with Gasteiger partial charge in [-0.2, -0.15) is 0 Å². The third-order valence-electron chi connectivity index (χ3n) is 8.94. The summed E-state index contributed by atoms with van der Waals surface area (Å²) in [7, 11) is 0. The number of Topliss-reactive ketones (excluding diaryl/α,β-unsaturated/α-hetero) is 1. The van der Waals surface area contributed by atoms with Gasteiger partial charge in [0.25, 0.3) is 0 Å². The highest BCUT2D eigenvalue weighted by Crippen LogP contribution is 2.71. The molecule has 4 rings (SSSR count). The van der Waals surface area contributed by atoms with Gasteiger partial charge in [-0.3, -0.25) is 9.59 Å². The Morgan fingerprint density at radius 1 is 1.19 bits per heavy atom. The number of carbonyl (C=O) groups is 2. The maximum Gasteiger partial charge on any atom is 0.178 e. The molecule has 142 valence electrons. The van der Waals surface area contributed by atoms with Crippen molar-refractivity contribution in [2.45, 2.75) is 59.0 Å². The standard InChI is InChI=1S/C22H30O4/c1-20-11-19(26)22(3)16(15(20)6-7-17(20)18(25)12-23)5-4-13-10-14(24)8-9-21(13,22)2/h8-10,15-17,19,23,26H,4-7,11-12H2,1-3H3/t15?,16-,17+,19-,20-,21-,22+/m0/s1. The van der Waals surface area contributed by atoms with Crippen LogP contribution in [-0.2, 0) is 9.59 Å². The molecule has 0 aromatic heterocycles. The molecule has 2 N–H and O–H groups in total. The summed E-state index contributed by atoms with van der Waals surface area (Å²) in [6.07, 6.45) is 9.14. The van der Waals surface area contributed by atoms with Gasteiger partial charge in [0.05, 0.1) is 6.10 Å². The fraction of sp³-hybridized carbons (Fsp3) is 0.727. The van der Waals surface area contributed by atoms with Crippen molar-refractivity contribution < 1.29 is 19.8 Å². The van der Waals surface area contributed by atoms with E-state index in [4.69, 9.17) is 0 Å². The Hall–Kier alpha value is -1.26. The topological polar surface area (TPSA) is 74.6 Å². The molecule has 1 unspecified atom stereocenters. The van der Waals surface area contributed by atoms with Crippen molar-refractivity contribution in [2.24, 2.45) is 34.0 Å². The second kappa shape index (κ2) is 5.62. The summed E-state index contributed by atoms with van der Waals surface area (Å²) in [6.45, 7) is 6.11. The van der Waals surface area contributed by atoms with E-state index in [1.165, 1.54) is 0 Å². The minimum absolute atomic E-state index is 0.0455. The van der Waals surface area contributed by atoms with Gasteiger partial charge in [0.2, 0.25) is 0 Å².